The maximum absolute atomic E-state index is 12.6. The number of methoxy groups -OCH3 is 1. The topological polar surface area (TPSA) is 51.5 Å². The van der Waals surface area contributed by atoms with Crippen LogP contribution in [0.25, 0.3) is 0 Å². The van der Waals surface area contributed by atoms with Crippen LogP contribution in [0, 0.1) is 0 Å². The first-order valence-electron chi connectivity index (χ1n) is 7.37. The number of amides is 1. The maximum Gasteiger partial charge on any atom is 0.252 e. The van der Waals surface area contributed by atoms with Gasteiger partial charge in [-0.25, -0.2) is 0 Å². The number of hydrogen-bond acceptors (Lipinski definition) is 4. The summed E-state index contributed by atoms with van der Waals surface area (Å²) in [6.07, 6.45) is 1.65. The molecule has 4 nitrogen and oxygen atoms in total. The minimum Gasteiger partial charge on any atom is -0.497 e. The van der Waals surface area contributed by atoms with Gasteiger partial charge in [0.05, 0.1) is 24.9 Å². The summed E-state index contributed by atoms with van der Waals surface area (Å²) in [5.74, 6) is 1.31. The highest BCUT2D eigenvalue weighted by Gasteiger charge is 2.20. The van der Waals surface area contributed by atoms with Gasteiger partial charge in [0, 0.05) is 15.9 Å². The van der Waals surface area contributed by atoms with Crippen molar-refractivity contribution < 1.29 is 13.9 Å². The highest BCUT2D eigenvalue weighted by molar-refractivity contribution is 9.10. The van der Waals surface area contributed by atoms with Crippen molar-refractivity contribution in [2.24, 2.45) is 0 Å². The summed E-state index contributed by atoms with van der Waals surface area (Å²) in [5, 5.41) is 5.01. The second kappa shape index (κ2) is 7.68. The lowest BCUT2D eigenvalue weighted by Crippen LogP contribution is -2.28. The normalized spacial score (nSPS) is 11.9. The van der Waals surface area contributed by atoms with Crippen molar-refractivity contribution in [3.63, 3.8) is 0 Å². The molecule has 0 aliphatic carbocycles. The largest absolute Gasteiger partial charge is 0.497 e. The molecule has 1 atom stereocenters. The van der Waals surface area contributed by atoms with E-state index in [0.717, 1.165) is 15.1 Å². The van der Waals surface area contributed by atoms with Crippen LogP contribution in [0.5, 0.6) is 5.75 Å². The second-order valence-electron chi connectivity index (χ2n) is 5.14. The van der Waals surface area contributed by atoms with Crippen molar-refractivity contribution in [3.8, 4) is 5.75 Å². The average Bonchev–Trinajstić information content (AvgIpc) is 3.29. The molecule has 3 aromatic rings. The molecular formula is C18H16BrNO3S. The fourth-order valence-corrected chi connectivity index (χ4v) is 3.68. The van der Waals surface area contributed by atoms with Crippen molar-refractivity contribution in [1.29, 1.82) is 0 Å². The Labute approximate surface area is 152 Å². The van der Waals surface area contributed by atoms with Gasteiger partial charge in [0.15, 0.2) is 0 Å². The van der Waals surface area contributed by atoms with Gasteiger partial charge in [0.1, 0.15) is 11.5 Å². The molecule has 0 aliphatic rings. The number of ether oxygens (including phenoxy) is 1. The Kier molecular flexibility index (Phi) is 5.37. The fraction of sp³-hybridized carbons (Fsp3) is 0.167. The summed E-state index contributed by atoms with van der Waals surface area (Å²) in [6.45, 7) is 0.455. The highest BCUT2D eigenvalue weighted by Crippen LogP contribution is 2.28. The van der Waals surface area contributed by atoms with Crippen LogP contribution < -0.4 is 10.1 Å². The van der Waals surface area contributed by atoms with Crippen LogP contribution in [0.15, 0.2) is 63.0 Å². The van der Waals surface area contributed by atoms with E-state index in [0.29, 0.717) is 17.9 Å². The molecule has 3 rings (SSSR count). The summed E-state index contributed by atoms with van der Waals surface area (Å²) in [6, 6.07) is 13.2. The van der Waals surface area contributed by atoms with E-state index in [1.165, 1.54) is 0 Å². The van der Waals surface area contributed by atoms with Gasteiger partial charge < -0.3 is 14.5 Å². The van der Waals surface area contributed by atoms with Gasteiger partial charge >= 0.3 is 0 Å². The Hall–Kier alpha value is -2.05. The van der Waals surface area contributed by atoms with Crippen LogP contribution >= 0.6 is 27.3 Å². The third kappa shape index (κ3) is 3.71. The van der Waals surface area contributed by atoms with E-state index < -0.39 is 0 Å². The summed E-state index contributed by atoms with van der Waals surface area (Å²) in [7, 11) is 1.58. The maximum atomic E-state index is 12.6. The molecule has 124 valence electrons. The highest BCUT2D eigenvalue weighted by atomic mass is 79.9. The molecular weight excluding hydrogens is 390 g/mol. The Morgan fingerprint density at radius 3 is 2.88 bits per heavy atom. The number of benzene rings is 1. The number of furan rings is 1. The number of rotatable bonds is 6. The van der Waals surface area contributed by atoms with E-state index in [9.17, 15) is 4.79 Å². The molecule has 0 unspecified atom stereocenters. The number of nitrogens with one attached hydrogen (secondary N) is 1. The predicted molar refractivity (Wildman–Crippen MR) is 97.9 cm³/mol. The van der Waals surface area contributed by atoms with Gasteiger partial charge in [0.2, 0.25) is 0 Å². The molecule has 1 aromatic carbocycles. The van der Waals surface area contributed by atoms with Gasteiger partial charge in [-0.3, -0.25) is 4.79 Å². The lowest BCUT2D eigenvalue weighted by molar-refractivity contribution is 0.0951. The summed E-state index contributed by atoms with van der Waals surface area (Å²) >= 11 is 5.06. The Morgan fingerprint density at radius 2 is 2.21 bits per heavy atom. The van der Waals surface area contributed by atoms with Crippen molar-refractivity contribution >= 4 is 33.2 Å². The molecule has 6 heteroatoms. The molecule has 24 heavy (non-hydrogen) atoms. The Morgan fingerprint density at radius 1 is 1.33 bits per heavy atom. The van der Waals surface area contributed by atoms with E-state index >= 15 is 0 Å². The molecule has 1 amide bonds. The van der Waals surface area contributed by atoms with Crippen molar-refractivity contribution in [3.05, 3.63) is 74.8 Å². The number of carbonyl (C=O) groups is 1. The van der Waals surface area contributed by atoms with Crippen molar-refractivity contribution in [1.82, 2.24) is 5.32 Å². The molecule has 0 aliphatic heterocycles. The van der Waals surface area contributed by atoms with E-state index in [2.05, 4.69) is 21.2 Å². The molecule has 1 N–H and O–H groups in total. The minimum absolute atomic E-state index is 0.00617. The second-order valence-corrected chi connectivity index (χ2v) is 6.97. The van der Waals surface area contributed by atoms with E-state index in [1.807, 2.05) is 29.6 Å². The Balaban J connectivity index is 1.77. The van der Waals surface area contributed by atoms with Gasteiger partial charge in [-0.2, -0.15) is 0 Å². The first-order valence-corrected chi connectivity index (χ1v) is 9.05. The molecule has 0 spiro atoms. The first kappa shape index (κ1) is 16.8. The average molecular weight is 406 g/mol. The zero-order valence-electron chi connectivity index (χ0n) is 13.0. The summed E-state index contributed by atoms with van der Waals surface area (Å²) in [4.78, 5) is 13.7. The molecule has 0 fully saturated rings. The monoisotopic (exact) mass is 405 g/mol. The molecule has 0 saturated carbocycles. The predicted octanol–water partition coefficient (Wildman–Crippen LogP) is 4.67. The van der Waals surface area contributed by atoms with Crippen molar-refractivity contribution in [2.45, 2.75) is 5.92 Å². The zero-order chi connectivity index (χ0) is 16.9. The fourth-order valence-electron chi connectivity index (χ4n) is 2.42. The molecule has 2 aromatic heterocycles. The summed E-state index contributed by atoms with van der Waals surface area (Å²) in [5.41, 5.74) is 0.540. The lowest BCUT2D eigenvalue weighted by Gasteiger charge is -2.15. The first-order chi connectivity index (χ1) is 11.7. The number of carbonyl (C=O) groups excluding carboxylic acids is 1. The molecule has 0 saturated heterocycles. The third-order valence-electron chi connectivity index (χ3n) is 3.66. The van der Waals surface area contributed by atoms with Gasteiger partial charge in [-0.1, -0.05) is 6.07 Å². The zero-order valence-corrected chi connectivity index (χ0v) is 15.4. The van der Waals surface area contributed by atoms with Gasteiger partial charge in [-0.05, 0) is 57.7 Å². The van der Waals surface area contributed by atoms with E-state index in [1.54, 1.807) is 42.9 Å². The molecule has 0 radical (unpaired) electrons. The Bertz CT molecular complexity index is 766. The van der Waals surface area contributed by atoms with Crippen LogP contribution in [-0.2, 0) is 0 Å². The van der Waals surface area contributed by atoms with Crippen LogP contribution in [0.3, 0.4) is 0 Å². The van der Waals surface area contributed by atoms with Crippen LogP contribution in [0.2, 0.25) is 0 Å². The SMILES string of the molecule is COc1ccc(Br)c(C(=O)NC[C@H](c2ccco2)c2cccs2)c1. The quantitative estimate of drug-likeness (QED) is 0.647. The molecule has 2 heterocycles. The number of halogens is 1. The molecule has 0 bridgehead atoms. The summed E-state index contributed by atoms with van der Waals surface area (Å²) < 4.78 is 11.5. The van der Waals surface area contributed by atoms with Crippen LogP contribution in [0.1, 0.15) is 26.9 Å². The van der Waals surface area contributed by atoms with Crippen LogP contribution in [-0.4, -0.2) is 19.6 Å². The standard InChI is InChI=1S/C18H16BrNO3S/c1-22-12-6-7-15(19)13(10-12)18(21)20-11-14(16-4-2-8-23-16)17-5-3-9-24-17/h2-10,14H,11H2,1H3,(H,20,21)/t14-/m1/s1. The number of thiophene rings is 1. The lowest BCUT2D eigenvalue weighted by atomic mass is 10.0. The number of hydrogen-bond donors (Lipinski definition) is 1. The van der Waals surface area contributed by atoms with Gasteiger partial charge in [-0.15, -0.1) is 11.3 Å². The van der Waals surface area contributed by atoms with Crippen LogP contribution in [0.4, 0.5) is 0 Å². The minimum atomic E-state index is -0.158. The third-order valence-corrected chi connectivity index (χ3v) is 5.34. The van der Waals surface area contributed by atoms with Gasteiger partial charge in [0.25, 0.3) is 5.91 Å². The van der Waals surface area contributed by atoms with Crippen molar-refractivity contribution in [2.75, 3.05) is 13.7 Å². The smallest absolute Gasteiger partial charge is 0.252 e. The van der Waals surface area contributed by atoms with E-state index in [4.69, 9.17) is 9.15 Å². The van der Waals surface area contributed by atoms with E-state index in [-0.39, 0.29) is 11.8 Å².